The molecule has 138 valence electrons. The van der Waals surface area contributed by atoms with Crippen LogP contribution in [0.5, 0.6) is 0 Å². The van der Waals surface area contributed by atoms with Gasteiger partial charge in [0.1, 0.15) is 0 Å². The van der Waals surface area contributed by atoms with E-state index in [0.29, 0.717) is 28.7 Å². The molecule has 0 aliphatic rings. The molecule has 0 heterocycles. The molecule has 0 aromatic carbocycles. The average molecular weight is 361 g/mol. The normalized spacial score (nSPS) is 13.9. The highest BCUT2D eigenvalue weighted by molar-refractivity contribution is 8.14. The molecule has 0 saturated heterocycles. The quantitative estimate of drug-likeness (QED) is 0.302. The fraction of sp³-hybridized carbons (Fsp3) is 0.895. The van der Waals surface area contributed by atoms with E-state index in [0.717, 1.165) is 0 Å². The van der Waals surface area contributed by atoms with Crippen LogP contribution in [0.1, 0.15) is 83.1 Å². The second-order valence-electron chi connectivity index (χ2n) is 8.02. The minimum absolute atomic E-state index is 0.471. The lowest BCUT2D eigenvalue weighted by Crippen LogP contribution is -2.41. The summed E-state index contributed by atoms with van der Waals surface area (Å²) in [7, 11) is -1.52. The van der Waals surface area contributed by atoms with Crippen molar-refractivity contribution in [1.29, 1.82) is 0 Å². The molecule has 0 rings (SSSR count). The van der Waals surface area contributed by atoms with Gasteiger partial charge in [-0.05, 0) is 52.9 Å². The minimum atomic E-state index is -1.52. The van der Waals surface area contributed by atoms with Crippen molar-refractivity contribution in [3.05, 3.63) is 0 Å². The molecular weight excluding hydrogens is 319 g/mol. The smallest absolute Gasteiger partial charge is 0.163 e. The van der Waals surface area contributed by atoms with Gasteiger partial charge in [-0.1, -0.05) is 58.6 Å². The van der Waals surface area contributed by atoms with Crippen molar-refractivity contribution in [1.82, 2.24) is 4.90 Å². The molecule has 0 amide bonds. The Bertz CT molecular complexity index is 424. The molecule has 0 saturated carbocycles. The van der Waals surface area contributed by atoms with Crippen molar-refractivity contribution < 1.29 is 0 Å². The molecule has 0 aliphatic carbocycles. The second-order valence-corrected chi connectivity index (χ2v) is 14.2. The van der Waals surface area contributed by atoms with Gasteiger partial charge >= 0.3 is 0 Å². The molecule has 4 heteroatoms. The van der Waals surface area contributed by atoms with Crippen molar-refractivity contribution in [3.63, 3.8) is 0 Å². The molecule has 0 atom stereocenters. The first kappa shape index (κ1) is 23.1. The second kappa shape index (κ2) is 9.56. The number of thioether (sulfide) groups is 1. The Morgan fingerprint density at radius 3 is 1.39 bits per heavy atom. The van der Waals surface area contributed by atoms with Gasteiger partial charge in [-0.25, -0.2) is 4.76 Å². The maximum atomic E-state index is 5.57. The van der Waals surface area contributed by atoms with E-state index < -0.39 is 7.04 Å². The first-order valence-corrected chi connectivity index (χ1v) is 11.9. The molecule has 0 N–H and O–H groups in total. The Hall–Kier alpha value is 0.120. The van der Waals surface area contributed by atoms with Crippen molar-refractivity contribution >= 4 is 29.3 Å². The molecule has 2 nitrogen and oxygen atoms in total. The molecule has 0 bridgehead atoms. The van der Waals surface area contributed by atoms with Crippen LogP contribution in [0.2, 0.25) is 0 Å². The molecule has 0 radical (unpaired) electrons. The number of amidine groups is 1. The van der Waals surface area contributed by atoms with E-state index in [9.17, 15) is 0 Å². The summed E-state index contributed by atoms with van der Waals surface area (Å²) >= 11 is 1.93. The van der Waals surface area contributed by atoms with Gasteiger partial charge in [0, 0.05) is 24.4 Å². The van der Waals surface area contributed by atoms with Crippen LogP contribution in [0.15, 0.2) is 4.76 Å². The third-order valence-corrected chi connectivity index (χ3v) is 10.4. The van der Waals surface area contributed by atoms with Crippen molar-refractivity contribution in [2.24, 2.45) is 4.76 Å². The van der Waals surface area contributed by atoms with Gasteiger partial charge in [0.15, 0.2) is 5.17 Å². The summed E-state index contributed by atoms with van der Waals surface area (Å²) in [5, 5.41) is 3.32. The number of nitrogens with zero attached hydrogens (tertiary/aromatic N) is 2. The van der Waals surface area contributed by atoms with Crippen LogP contribution in [0.3, 0.4) is 0 Å². The molecule has 0 unspecified atom stereocenters. The summed E-state index contributed by atoms with van der Waals surface area (Å²) in [6.45, 7) is 27.7. The van der Waals surface area contributed by atoms with E-state index >= 15 is 0 Å². The molecule has 0 spiro atoms. The zero-order chi connectivity index (χ0) is 18.5. The van der Waals surface area contributed by atoms with E-state index in [1.807, 2.05) is 11.8 Å². The predicted molar refractivity (Wildman–Crippen MR) is 116 cm³/mol. The number of hydrogen-bond acceptors (Lipinski definition) is 2. The predicted octanol–water partition coefficient (Wildman–Crippen LogP) is 6.56. The van der Waals surface area contributed by atoms with Gasteiger partial charge in [-0.3, -0.25) is 0 Å². The van der Waals surface area contributed by atoms with Gasteiger partial charge in [-0.15, -0.1) is 0 Å². The standard InChI is InChI=1S/C19H41N2PS/c1-13(2)21(14(3)4)19(23-18(11)12)20-22(15(5)6,16(7)8)17(9)10/h13-16,18H,1-12H3. The molecule has 0 fully saturated rings. The Labute approximate surface area is 150 Å². The molecule has 23 heavy (non-hydrogen) atoms. The summed E-state index contributed by atoms with van der Waals surface area (Å²) in [5.41, 5.74) is 1.19. The topological polar surface area (TPSA) is 15.6 Å². The fourth-order valence-corrected chi connectivity index (χ4v) is 9.35. The minimum Gasteiger partial charge on any atom is -0.346 e. The third-order valence-electron chi connectivity index (χ3n) is 4.22. The van der Waals surface area contributed by atoms with Crippen LogP contribution in [0.4, 0.5) is 0 Å². The molecular formula is C19H41N2PS. The lowest BCUT2D eigenvalue weighted by molar-refractivity contribution is 0.298. The SMILES string of the molecule is CC(C)=P(N=C(SC(C)C)N(C(C)C)C(C)C)(C(C)C)C(C)C. The van der Waals surface area contributed by atoms with E-state index in [-0.39, 0.29) is 0 Å². The highest BCUT2D eigenvalue weighted by atomic mass is 32.2. The van der Waals surface area contributed by atoms with Crippen LogP contribution < -0.4 is 0 Å². The highest BCUT2D eigenvalue weighted by Crippen LogP contribution is 2.60. The summed E-state index contributed by atoms with van der Waals surface area (Å²) in [4.78, 5) is 2.51. The fourth-order valence-electron chi connectivity index (χ4n) is 3.49. The Morgan fingerprint density at radius 2 is 1.17 bits per heavy atom. The van der Waals surface area contributed by atoms with Crippen molar-refractivity contribution in [2.45, 2.75) is 112 Å². The maximum absolute atomic E-state index is 5.57. The van der Waals surface area contributed by atoms with Crippen molar-refractivity contribution in [2.75, 3.05) is 0 Å². The summed E-state index contributed by atoms with van der Waals surface area (Å²) in [6, 6.07) is 0.941. The van der Waals surface area contributed by atoms with Gasteiger partial charge < -0.3 is 4.90 Å². The molecule has 0 aromatic heterocycles. The lowest BCUT2D eigenvalue weighted by Gasteiger charge is -2.39. The van der Waals surface area contributed by atoms with Gasteiger partial charge in [0.2, 0.25) is 0 Å². The Morgan fingerprint density at radius 1 is 0.783 bits per heavy atom. The molecule has 0 aliphatic heterocycles. The third kappa shape index (κ3) is 5.85. The zero-order valence-corrected chi connectivity index (χ0v) is 19.3. The summed E-state index contributed by atoms with van der Waals surface area (Å²) < 4.78 is 5.57. The monoisotopic (exact) mass is 360 g/mol. The first-order chi connectivity index (χ1) is 10.4. The Kier molecular flexibility index (Phi) is 9.61. The molecule has 0 aromatic rings. The summed E-state index contributed by atoms with van der Waals surface area (Å²) in [5.74, 6) is 0. The van der Waals surface area contributed by atoms with Crippen LogP contribution in [-0.2, 0) is 0 Å². The van der Waals surface area contributed by atoms with E-state index in [1.54, 1.807) is 0 Å². The van der Waals surface area contributed by atoms with E-state index in [4.69, 9.17) is 4.76 Å². The first-order valence-electron chi connectivity index (χ1n) is 9.12. The van der Waals surface area contributed by atoms with Gasteiger partial charge in [0.25, 0.3) is 0 Å². The lowest BCUT2D eigenvalue weighted by atomic mass is 10.2. The zero-order valence-electron chi connectivity index (χ0n) is 17.6. The van der Waals surface area contributed by atoms with E-state index in [2.05, 4.69) is 88.0 Å². The van der Waals surface area contributed by atoms with Crippen LogP contribution in [0, 0.1) is 0 Å². The number of hydrogen-bond donors (Lipinski definition) is 0. The van der Waals surface area contributed by atoms with Crippen molar-refractivity contribution in [3.8, 4) is 0 Å². The highest BCUT2D eigenvalue weighted by Gasteiger charge is 2.30. The average Bonchev–Trinajstić information content (AvgIpc) is 2.32. The largest absolute Gasteiger partial charge is 0.346 e. The maximum Gasteiger partial charge on any atom is 0.163 e. The van der Waals surface area contributed by atoms with Gasteiger partial charge in [0.05, 0.1) is 0 Å². The van der Waals surface area contributed by atoms with E-state index in [1.165, 1.54) is 10.5 Å². The Balaban J connectivity index is 6.44. The van der Waals surface area contributed by atoms with Crippen LogP contribution in [-0.4, -0.2) is 44.0 Å². The number of rotatable bonds is 6. The van der Waals surface area contributed by atoms with Crippen LogP contribution in [0.25, 0.3) is 0 Å². The van der Waals surface area contributed by atoms with Gasteiger partial charge in [-0.2, -0.15) is 0 Å². The summed E-state index contributed by atoms with van der Waals surface area (Å²) in [6.07, 6.45) is 0. The van der Waals surface area contributed by atoms with Crippen LogP contribution >= 0.6 is 18.8 Å².